The zero-order valence-corrected chi connectivity index (χ0v) is 13.0. The molecule has 0 radical (unpaired) electrons. The summed E-state index contributed by atoms with van der Waals surface area (Å²) in [5, 5.41) is 10.0. The highest BCUT2D eigenvalue weighted by Crippen LogP contribution is 2.47. The van der Waals surface area contributed by atoms with Gasteiger partial charge in [0.1, 0.15) is 5.75 Å². The maximum atomic E-state index is 10.0. The van der Waals surface area contributed by atoms with Crippen LogP contribution in [0.3, 0.4) is 0 Å². The molecule has 0 aromatic heterocycles. The van der Waals surface area contributed by atoms with E-state index in [0.29, 0.717) is 17.2 Å². The molecule has 3 aliphatic rings. The Balaban J connectivity index is 1.47. The minimum atomic E-state index is 0.510. The van der Waals surface area contributed by atoms with Crippen LogP contribution in [0.2, 0.25) is 0 Å². The quantitative estimate of drug-likeness (QED) is 0.825. The molecule has 1 N–H and O–H groups in total. The highest BCUT2D eigenvalue weighted by molar-refractivity contribution is 5.44. The van der Waals surface area contributed by atoms with Gasteiger partial charge < -0.3 is 5.11 Å². The van der Waals surface area contributed by atoms with E-state index in [1.54, 1.807) is 0 Å². The minimum absolute atomic E-state index is 0.510. The summed E-state index contributed by atoms with van der Waals surface area (Å²) in [7, 11) is 0. The van der Waals surface area contributed by atoms with Crippen molar-refractivity contribution in [1.82, 2.24) is 4.90 Å². The molecule has 1 heterocycles. The van der Waals surface area contributed by atoms with Crippen molar-refractivity contribution in [1.29, 1.82) is 0 Å². The third kappa shape index (κ3) is 2.38. The van der Waals surface area contributed by atoms with E-state index in [2.05, 4.69) is 11.0 Å². The van der Waals surface area contributed by atoms with E-state index in [0.717, 1.165) is 6.42 Å². The summed E-state index contributed by atoms with van der Waals surface area (Å²) in [5.74, 6) is 0.510. The van der Waals surface area contributed by atoms with Crippen molar-refractivity contribution in [3.8, 4) is 5.75 Å². The van der Waals surface area contributed by atoms with E-state index in [1.165, 1.54) is 75.6 Å². The second-order valence-electron chi connectivity index (χ2n) is 7.50. The van der Waals surface area contributed by atoms with Crippen molar-refractivity contribution in [3.63, 3.8) is 0 Å². The van der Waals surface area contributed by atoms with Crippen LogP contribution >= 0.6 is 0 Å². The fraction of sp³-hybridized carbons (Fsp3) is 0.684. The Kier molecular flexibility index (Phi) is 3.45. The van der Waals surface area contributed by atoms with Crippen molar-refractivity contribution >= 4 is 0 Å². The number of phenols is 1. The predicted octanol–water partition coefficient (Wildman–Crippen LogP) is 4.43. The molecule has 1 unspecified atom stereocenters. The molecule has 0 amide bonds. The molecule has 2 fully saturated rings. The third-order valence-electron chi connectivity index (χ3n) is 6.43. The van der Waals surface area contributed by atoms with Crippen LogP contribution in [0.1, 0.15) is 68.5 Å². The summed E-state index contributed by atoms with van der Waals surface area (Å²) in [6.07, 6.45) is 12.4. The summed E-state index contributed by atoms with van der Waals surface area (Å²) in [6, 6.07) is 6.65. The Bertz CT molecular complexity index is 508. The number of phenolic OH excluding ortho intramolecular Hbond substituents is 1. The van der Waals surface area contributed by atoms with E-state index < -0.39 is 0 Å². The number of piperidine rings is 1. The van der Waals surface area contributed by atoms with E-state index in [-0.39, 0.29) is 0 Å². The number of hydrogen-bond acceptors (Lipinski definition) is 2. The van der Waals surface area contributed by atoms with Crippen LogP contribution < -0.4 is 0 Å². The second-order valence-corrected chi connectivity index (χ2v) is 7.50. The zero-order chi connectivity index (χ0) is 14.3. The maximum absolute atomic E-state index is 10.0. The van der Waals surface area contributed by atoms with E-state index in [9.17, 15) is 5.11 Å². The van der Waals surface area contributed by atoms with Crippen molar-refractivity contribution in [2.75, 3.05) is 13.1 Å². The number of likely N-dealkylation sites (tertiary alicyclic amines) is 1. The van der Waals surface area contributed by atoms with Gasteiger partial charge in [0.15, 0.2) is 0 Å². The Hall–Kier alpha value is -1.02. The van der Waals surface area contributed by atoms with Gasteiger partial charge in [0.2, 0.25) is 0 Å². The van der Waals surface area contributed by atoms with Crippen LogP contribution in [-0.2, 0) is 6.42 Å². The fourth-order valence-electron chi connectivity index (χ4n) is 5.10. The maximum Gasteiger partial charge on any atom is 0.119 e. The van der Waals surface area contributed by atoms with Gasteiger partial charge in [-0.25, -0.2) is 0 Å². The molecule has 1 aromatic carbocycles. The van der Waals surface area contributed by atoms with Gasteiger partial charge >= 0.3 is 0 Å². The van der Waals surface area contributed by atoms with Crippen LogP contribution in [0, 0.1) is 5.41 Å². The van der Waals surface area contributed by atoms with Crippen LogP contribution in [0.25, 0.3) is 0 Å². The topological polar surface area (TPSA) is 23.5 Å². The fourth-order valence-corrected chi connectivity index (χ4v) is 5.10. The molecular weight excluding hydrogens is 258 g/mol. The first-order valence-electron chi connectivity index (χ1n) is 8.82. The average Bonchev–Trinajstić information content (AvgIpc) is 2.94. The molecule has 21 heavy (non-hydrogen) atoms. The number of aromatic hydroxyl groups is 1. The van der Waals surface area contributed by atoms with Crippen LogP contribution in [0.15, 0.2) is 18.2 Å². The Morgan fingerprint density at radius 1 is 1.00 bits per heavy atom. The first-order valence-corrected chi connectivity index (χ1v) is 8.82. The molecule has 1 atom stereocenters. The molecule has 1 aromatic rings. The van der Waals surface area contributed by atoms with Crippen molar-refractivity contribution in [3.05, 3.63) is 29.3 Å². The van der Waals surface area contributed by atoms with E-state index in [4.69, 9.17) is 0 Å². The van der Waals surface area contributed by atoms with Gasteiger partial charge in [0.25, 0.3) is 0 Å². The third-order valence-corrected chi connectivity index (χ3v) is 6.43. The molecule has 1 spiro atoms. The number of rotatable bonds is 1. The van der Waals surface area contributed by atoms with Gasteiger partial charge in [-0.3, -0.25) is 4.90 Å². The van der Waals surface area contributed by atoms with E-state index in [1.807, 2.05) is 12.1 Å². The molecular formula is C19H27NO. The van der Waals surface area contributed by atoms with Crippen molar-refractivity contribution in [2.45, 2.75) is 63.8 Å². The minimum Gasteiger partial charge on any atom is -0.508 e. The standard InChI is InChI=1S/C19H27NO/c21-18-6-4-5-15-16(18)7-8-17(15)20-13-11-19(12-14-20)9-2-1-3-10-19/h4-6,17,21H,1-3,7-14H2. The highest BCUT2D eigenvalue weighted by atomic mass is 16.3. The lowest BCUT2D eigenvalue weighted by Crippen LogP contribution is -2.42. The number of benzene rings is 1. The van der Waals surface area contributed by atoms with Gasteiger partial charge in [-0.15, -0.1) is 0 Å². The molecule has 2 heteroatoms. The number of fused-ring (bicyclic) bond motifs is 1. The van der Waals surface area contributed by atoms with Crippen molar-refractivity contribution in [2.24, 2.45) is 5.41 Å². The first kappa shape index (κ1) is 13.6. The lowest BCUT2D eigenvalue weighted by molar-refractivity contribution is 0.0448. The molecule has 0 bridgehead atoms. The second kappa shape index (κ2) is 5.31. The highest BCUT2D eigenvalue weighted by Gasteiger charge is 2.38. The molecule has 1 saturated heterocycles. The van der Waals surface area contributed by atoms with Crippen LogP contribution in [-0.4, -0.2) is 23.1 Å². The molecule has 114 valence electrons. The SMILES string of the molecule is Oc1cccc2c1CCC2N1CCC2(CCCCC2)CC1. The molecule has 2 nitrogen and oxygen atoms in total. The predicted molar refractivity (Wildman–Crippen MR) is 85.5 cm³/mol. The van der Waals surface area contributed by atoms with Gasteiger partial charge in [-0.1, -0.05) is 31.4 Å². The van der Waals surface area contributed by atoms with Crippen molar-refractivity contribution < 1.29 is 5.11 Å². The molecule has 4 rings (SSSR count). The molecule has 1 saturated carbocycles. The summed E-state index contributed by atoms with van der Waals surface area (Å²) < 4.78 is 0. The smallest absolute Gasteiger partial charge is 0.119 e. The summed E-state index contributed by atoms with van der Waals surface area (Å²) in [5.41, 5.74) is 3.30. The summed E-state index contributed by atoms with van der Waals surface area (Å²) >= 11 is 0. The molecule has 1 aliphatic heterocycles. The van der Waals surface area contributed by atoms with Gasteiger partial charge in [0, 0.05) is 6.04 Å². The van der Waals surface area contributed by atoms with Gasteiger partial charge in [0.05, 0.1) is 0 Å². The Morgan fingerprint density at radius 3 is 2.52 bits per heavy atom. The van der Waals surface area contributed by atoms with Gasteiger partial charge in [-0.05, 0) is 74.2 Å². The average molecular weight is 285 g/mol. The zero-order valence-electron chi connectivity index (χ0n) is 13.0. The molecule has 2 aliphatic carbocycles. The van der Waals surface area contributed by atoms with E-state index >= 15 is 0 Å². The Morgan fingerprint density at radius 2 is 1.76 bits per heavy atom. The number of nitrogens with zero attached hydrogens (tertiary/aromatic N) is 1. The van der Waals surface area contributed by atoms with Crippen LogP contribution in [0.5, 0.6) is 5.75 Å². The largest absolute Gasteiger partial charge is 0.508 e. The summed E-state index contributed by atoms with van der Waals surface area (Å²) in [4.78, 5) is 2.70. The van der Waals surface area contributed by atoms with Gasteiger partial charge in [-0.2, -0.15) is 0 Å². The normalized spacial score (nSPS) is 28.7. The lowest BCUT2D eigenvalue weighted by Gasteiger charge is -2.46. The lowest BCUT2D eigenvalue weighted by atomic mass is 9.68. The first-order chi connectivity index (χ1) is 10.3. The Labute approximate surface area is 128 Å². The number of hydrogen-bond donors (Lipinski definition) is 1. The van der Waals surface area contributed by atoms with Crippen LogP contribution in [0.4, 0.5) is 0 Å². The monoisotopic (exact) mass is 285 g/mol. The summed E-state index contributed by atoms with van der Waals surface area (Å²) in [6.45, 7) is 2.53.